The Balaban J connectivity index is 2.19. The Kier molecular flexibility index (Phi) is 4.31. The smallest absolute Gasteiger partial charge is 0.0279 e. The van der Waals surface area contributed by atoms with Gasteiger partial charge in [0.05, 0.1) is 0 Å². The third-order valence-corrected chi connectivity index (χ3v) is 2.32. The molecule has 0 saturated heterocycles. The lowest BCUT2D eigenvalue weighted by molar-refractivity contribution is 0.817. The van der Waals surface area contributed by atoms with Crippen molar-refractivity contribution in [3.63, 3.8) is 0 Å². The van der Waals surface area contributed by atoms with Crippen molar-refractivity contribution in [3.05, 3.63) is 48.6 Å². The summed E-state index contributed by atoms with van der Waals surface area (Å²) in [4.78, 5) is 0. The number of hydrogen-bond acceptors (Lipinski definition) is 0. The second kappa shape index (κ2) is 5.58. The monoisotopic (exact) mass is 174 g/mol. The summed E-state index contributed by atoms with van der Waals surface area (Å²) in [5.41, 5.74) is 2.64. The van der Waals surface area contributed by atoms with Gasteiger partial charge in [-0.15, -0.1) is 0 Å². The highest BCUT2D eigenvalue weighted by Crippen LogP contribution is 2.17. The van der Waals surface area contributed by atoms with Crippen molar-refractivity contribution >= 4 is 0 Å². The molecule has 1 aliphatic carbocycles. The second-order valence-corrected chi connectivity index (χ2v) is 3.47. The van der Waals surface area contributed by atoms with Crippen LogP contribution in [0.5, 0.6) is 0 Å². The predicted molar refractivity (Wildman–Crippen MR) is 59.6 cm³/mol. The molecule has 0 fully saturated rings. The summed E-state index contributed by atoms with van der Waals surface area (Å²) in [5.74, 6) is 0. The van der Waals surface area contributed by atoms with Crippen LogP contribution in [0.1, 0.15) is 32.1 Å². The van der Waals surface area contributed by atoms with Crippen molar-refractivity contribution in [2.45, 2.75) is 32.1 Å². The summed E-state index contributed by atoms with van der Waals surface area (Å²) >= 11 is 0. The first-order valence-corrected chi connectivity index (χ1v) is 4.98. The van der Waals surface area contributed by atoms with Crippen molar-refractivity contribution in [3.8, 4) is 0 Å². The van der Waals surface area contributed by atoms with E-state index < -0.39 is 0 Å². The van der Waals surface area contributed by atoms with Gasteiger partial charge in [-0.05, 0) is 32.1 Å². The first kappa shape index (κ1) is 10.0. The van der Waals surface area contributed by atoms with E-state index in [1.54, 1.807) is 0 Å². The lowest BCUT2D eigenvalue weighted by atomic mass is 10.0. The van der Waals surface area contributed by atoms with E-state index in [1.807, 2.05) is 6.08 Å². The van der Waals surface area contributed by atoms with E-state index in [2.05, 4.69) is 31.4 Å². The van der Waals surface area contributed by atoms with Crippen LogP contribution in [0.3, 0.4) is 0 Å². The maximum Gasteiger partial charge on any atom is -0.0279 e. The molecule has 13 heavy (non-hydrogen) atoms. The molecule has 0 radical (unpaired) electrons. The molecular formula is C13H18. The Hall–Kier alpha value is -1.04. The molecular weight excluding hydrogens is 156 g/mol. The lowest BCUT2D eigenvalue weighted by Gasteiger charge is -2.06. The van der Waals surface area contributed by atoms with Gasteiger partial charge in [0.1, 0.15) is 0 Å². The zero-order valence-electron chi connectivity index (χ0n) is 8.26. The molecule has 1 aliphatic rings. The SMILES string of the molecule is C=CC(=C)CCCC1=CCCC=C1. The van der Waals surface area contributed by atoms with Crippen LogP contribution in [0.15, 0.2) is 48.6 Å². The highest BCUT2D eigenvalue weighted by molar-refractivity contribution is 5.22. The van der Waals surface area contributed by atoms with Crippen LogP contribution in [0.25, 0.3) is 0 Å². The summed E-state index contributed by atoms with van der Waals surface area (Å²) in [5, 5.41) is 0. The molecule has 0 bridgehead atoms. The summed E-state index contributed by atoms with van der Waals surface area (Å²) in [6.45, 7) is 7.60. The quantitative estimate of drug-likeness (QED) is 0.549. The molecule has 0 spiro atoms. The van der Waals surface area contributed by atoms with Crippen molar-refractivity contribution in [1.82, 2.24) is 0 Å². The molecule has 0 atom stereocenters. The zero-order chi connectivity index (χ0) is 9.52. The van der Waals surface area contributed by atoms with Crippen LogP contribution in [0, 0.1) is 0 Å². The predicted octanol–water partition coefficient (Wildman–Crippen LogP) is 4.18. The molecule has 0 heteroatoms. The van der Waals surface area contributed by atoms with Crippen LogP contribution in [0.4, 0.5) is 0 Å². The van der Waals surface area contributed by atoms with E-state index in [0.29, 0.717) is 0 Å². The van der Waals surface area contributed by atoms with Gasteiger partial charge in [-0.3, -0.25) is 0 Å². The van der Waals surface area contributed by atoms with E-state index in [1.165, 1.54) is 31.3 Å². The zero-order valence-corrected chi connectivity index (χ0v) is 8.26. The van der Waals surface area contributed by atoms with Crippen molar-refractivity contribution in [2.24, 2.45) is 0 Å². The van der Waals surface area contributed by atoms with Crippen molar-refractivity contribution in [2.75, 3.05) is 0 Å². The minimum Gasteiger partial charge on any atom is -0.0988 e. The summed E-state index contributed by atoms with van der Waals surface area (Å²) in [6, 6.07) is 0. The van der Waals surface area contributed by atoms with Gasteiger partial charge in [0.25, 0.3) is 0 Å². The third kappa shape index (κ3) is 3.93. The molecule has 0 aromatic heterocycles. The Morgan fingerprint density at radius 2 is 2.31 bits per heavy atom. The van der Waals surface area contributed by atoms with E-state index in [0.717, 1.165) is 12.0 Å². The Bertz CT molecular complexity index is 241. The van der Waals surface area contributed by atoms with Gasteiger partial charge < -0.3 is 0 Å². The van der Waals surface area contributed by atoms with Crippen LogP contribution in [-0.4, -0.2) is 0 Å². The standard InChI is InChI=1S/C13H18/c1-3-12(2)8-7-11-13-9-5-4-6-10-13/h3,5,9-10H,1-2,4,6-8,11H2. The topological polar surface area (TPSA) is 0 Å². The van der Waals surface area contributed by atoms with E-state index in [-0.39, 0.29) is 0 Å². The van der Waals surface area contributed by atoms with Crippen molar-refractivity contribution < 1.29 is 0 Å². The Morgan fingerprint density at radius 1 is 1.46 bits per heavy atom. The molecule has 0 amide bonds. The van der Waals surface area contributed by atoms with Crippen LogP contribution in [0.2, 0.25) is 0 Å². The second-order valence-electron chi connectivity index (χ2n) is 3.47. The third-order valence-electron chi connectivity index (χ3n) is 2.32. The maximum atomic E-state index is 3.90. The van der Waals surface area contributed by atoms with E-state index in [4.69, 9.17) is 0 Å². The molecule has 0 N–H and O–H groups in total. The fourth-order valence-electron chi connectivity index (χ4n) is 1.47. The highest BCUT2D eigenvalue weighted by atomic mass is 14.0. The highest BCUT2D eigenvalue weighted by Gasteiger charge is 1.97. The molecule has 1 rings (SSSR count). The van der Waals surface area contributed by atoms with Gasteiger partial charge in [-0.25, -0.2) is 0 Å². The Labute approximate surface area is 81.4 Å². The fraction of sp³-hybridized carbons (Fsp3) is 0.385. The molecule has 70 valence electrons. The van der Waals surface area contributed by atoms with E-state index in [9.17, 15) is 0 Å². The average molecular weight is 174 g/mol. The van der Waals surface area contributed by atoms with Gasteiger partial charge in [0, 0.05) is 0 Å². The number of hydrogen-bond donors (Lipinski definition) is 0. The van der Waals surface area contributed by atoms with Gasteiger partial charge in [0.2, 0.25) is 0 Å². The van der Waals surface area contributed by atoms with Crippen LogP contribution < -0.4 is 0 Å². The molecule has 0 aliphatic heterocycles. The molecule has 0 saturated carbocycles. The molecule has 0 aromatic carbocycles. The first-order chi connectivity index (χ1) is 6.33. The number of allylic oxidation sites excluding steroid dienone is 6. The minimum absolute atomic E-state index is 1.08. The molecule has 0 nitrogen and oxygen atoms in total. The van der Waals surface area contributed by atoms with Gasteiger partial charge >= 0.3 is 0 Å². The largest absolute Gasteiger partial charge is 0.0988 e. The van der Waals surface area contributed by atoms with Gasteiger partial charge in [0.15, 0.2) is 0 Å². The van der Waals surface area contributed by atoms with E-state index >= 15 is 0 Å². The first-order valence-electron chi connectivity index (χ1n) is 4.98. The molecule has 0 unspecified atom stereocenters. The van der Waals surface area contributed by atoms with Gasteiger partial charge in [-0.1, -0.05) is 48.6 Å². The maximum absolute atomic E-state index is 3.90. The molecule has 0 heterocycles. The van der Waals surface area contributed by atoms with Crippen molar-refractivity contribution in [1.29, 1.82) is 0 Å². The fourth-order valence-corrected chi connectivity index (χ4v) is 1.47. The minimum atomic E-state index is 1.08. The summed E-state index contributed by atoms with van der Waals surface area (Å²) < 4.78 is 0. The van der Waals surface area contributed by atoms with Gasteiger partial charge in [-0.2, -0.15) is 0 Å². The van der Waals surface area contributed by atoms with Crippen LogP contribution >= 0.6 is 0 Å². The summed E-state index contributed by atoms with van der Waals surface area (Å²) in [7, 11) is 0. The summed E-state index contributed by atoms with van der Waals surface area (Å²) in [6.07, 6.45) is 14.6. The van der Waals surface area contributed by atoms with Crippen LogP contribution in [-0.2, 0) is 0 Å². The Morgan fingerprint density at radius 3 is 2.92 bits per heavy atom. The molecule has 0 aromatic rings. The number of rotatable bonds is 5. The lowest BCUT2D eigenvalue weighted by Crippen LogP contribution is -1.86. The normalized spacial score (nSPS) is 15.2. The average Bonchev–Trinajstić information content (AvgIpc) is 2.19.